The van der Waals surface area contributed by atoms with Gasteiger partial charge in [-0.1, -0.05) is 6.92 Å². The van der Waals surface area contributed by atoms with Crippen LogP contribution in [0.4, 0.5) is 22.0 Å². The highest BCUT2D eigenvalue weighted by Crippen LogP contribution is 2.21. The number of halogens is 5. The molecule has 1 aromatic carbocycles. The van der Waals surface area contributed by atoms with Crippen molar-refractivity contribution in [3.05, 3.63) is 35.4 Å². The van der Waals surface area contributed by atoms with Crippen LogP contribution in [0.3, 0.4) is 0 Å². The highest BCUT2D eigenvalue weighted by molar-refractivity contribution is 5.21. The molecule has 0 bridgehead atoms. The van der Waals surface area contributed by atoms with Crippen molar-refractivity contribution in [1.82, 2.24) is 10.2 Å². The molecule has 0 heterocycles. The Balaban J connectivity index is 2.69. The van der Waals surface area contributed by atoms with Crippen LogP contribution in [0, 0.1) is 11.6 Å². The average molecular weight is 310 g/mol. The van der Waals surface area contributed by atoms with Crippen molar-refractivity contribution in [1.29, 1.82) is 0 Å². The Hall–Kier alpha value is -1.21. The van der Waals surface area contributed by atoms with Crippen LogP contribution in [0.5, 0.6) is 0 Å². The van der Waals surface area contributed by atoms with Crippen LogP contribution in [0.2, 0.25) is 0 Å². The number of rotatable bonds is 7. The van der Waals surface area contributed by atoms with Crippen molar-refractivity contribution in [2.45, 2.75) is 25.6 Å². The zero-order valence-corrected chi connectivity index (χ0v) is 12.0. The number of nitrogens with zero attached hydrogens (tertiary/aromatic N) is 1. The van der Waals surface area contributed by atoms with E-state index in [-0.39, 0.29) is 6.54 Å². The topological polar surface area (TPSA) is 15.3 Å². The first kappa shape index (κ1) is 17.8. The summed E-state index contributed by atoms with van der Waals surface area (Å²) in [5, 5.41) is 3.03. The number of hydrogen-bond acceptors (Lipinski definition) is 2. The molecule has 2 nitrogen and oxygen atoms in total. The molecule has 0 aliphatic rings. The molecule has 0 saturated carbocycles. The molecule has 0 spiro atoms. The van der Waals surface area contributed by atoms with Gasteiger partial charge >= 0.3 is 6.18 Å². The van der Waals surface area contributed by atoms with Gasteiger partial charge in [0, 0.05) is 12.1 Å². The van der Waals surface area contributed by atoms with E-state index in [9.17, 15) is 22.0 Å². The van der Waals surface area contributed by atoms with Crippen molar-refractivity contribution in [3.8, 4) is 0 Å². The van der Waals surface area contributed by atoms with Gasteiger partial charge in [0.2, 0.25) is 0 Å². The van der Waals surface area contributed by atoms with Crippen molar-refractivity contribution >= 4 is 0 Å². The summed E-state index contributed by atoms with van der Waals surface area (Å²) in [6.07, 6.45) is -3.93. The summed E-state index contributed by atoms with van der Waals surface area (Å²) in [5.74, 6) is -1.40. The predicted octanol–water partition coefficient (Wildman–Crippen LogP) is 3.50. The zero-order valence-electron chi connectivity index (χ0n) is 12.0. The van der Waals surface area contributed by atoms with Crippen LogP contribution >= 0.6 is 0 Å². The lowest BCUT2D eigenvalue weighted by atomic mass is 10.0. The van der Waals surface area contributed by atoms with Crippen LogP contribution in [-0.4, -0.2) is 37.8 Å². The quantitative estimate of drug-likeness (QED) is 0.776. The second kappa shape index (κ2) is 7.70. The van der Waals surface area contributed by atoms with E-state index in [1.807, 2.05) is 6.92 Å². The summed E-state index contributed by atoms with van der Waals surface area (Å²) in [5.41, 5.74) is 0.398. The number of benzene rings is 1. The SMILES string of the molecule is CCNC(CCN(C)CC(F)(F)F)c1cc(F)cc(F)c1. The lowest BCUT2D eigenvalue weighted by molar-refractivity contribution is -0.143. The summed E-state index contributed by atoms with van der Waals surface area (Å²) in [7, 11) is 1.36. The van der Waals surface area contributed by atoms with Gasteiger partial charge in [-0.2, -0.15) is 13.2 Å². The second-order valence-corrected chi connectivity index (χ2v) is 4.95. The fourth-order valence-corrected chi connectivity index (χ4v) is 2.14. The molecule has 0 saturated heterocycles. The summed E-state index contributed by atoms with van der Waals surface area (Å²) >= 11 is 0. The molecular formula is C14H19F5N2. The van der Waals surface area contributed by atoms with E-state index in [1.165, 1.54) is 19.2 Å². The molecule has 0 aliphatic carbocycles. The molecule has 21 heavy (non-hydrogen) atoms. The van der Waals surface area contributed by atoms with Crippen molar-refractivity contribution < 1.29 is 22.0 Å². The first-order chi connectivity index (χ1) is 9.71. The van der Waals surface area contributed by atoms with Crippen molar-refractivity contribution in [2.24, 2.45) is 0 Å². The molecule has 0 amide bonds. The highest BCUT2D eigenvalue weighted by atomic mass is 19.4. The van der Waals surface area contributed by atoms with Crippen LogP contribution in [0.1, 0.15) is 24.9 Å². The minimum absolute atomic E-state index is 0.162. The zero-order chi connectivity index (χ0) is 16.0. The van der Waals surface area contributed by atoms with Crippen LogP contribution in [-0.2, 0) is 0 Å². The Morgan fingerprint density at radius 3 is 2.19 bits per heavy atom. The van der Waals surface area contributed by atoms with E-state index in [0.29, 0.717) is 18.5 Å². The van der Waals surface area contributed by atoms with E-state index in [1.54, 1.807) is 0 Å². The summed E-state index contributed by atoms with van der Waals surface area (Å²) < 4.78 is 63.2. The molecule has 120 valence electrons. The van der Waals surface area contributed by atoms with Gasteiger partial charge in [0.1, 0.15) is 11.6 Å². The lowest BCUT2D eigenvalue weighted by Crippen LogP contribution is -2.34. The highest BCUT2D eigenvalue weighted by Gasteiger charge is 2.29. The Kier molecular flexibility index (Phi) is 6.54. The monoisotopic (exact) mass is 310 g/mol. The second-order valence-electron chi connectivity index (χ2n) is 4.95. The predicted molar refractivity (Wildman–Crippen MR) is 70.9 cm³/mol. The number of nitrogens with one attached hydrogen (secondary N) is 1. The number of hydrogen-bond donors (Lipinski definition) is 1. The van der Waals surface area contributed by atoms with Gasteiger partial charge in [0.05, 0.1) is 6.54 Å². The molecule has 0 radical (unpaired) electrons. The first-order valence-corrected chi connectivity index (χ1v) is 6.66. The molecule has 0 aliphatic heterocycles. The van der Waals surface area contributed by atoms with Crippen LogP contribution in [0.25, 0.3) is 0 Å². The summed E-state index contributed by atoms with van der Waals surface area (Å²) in [6.45, 7) is 1.52. The lowest BCUT2D eigenvalue weighted by Gasteiger charge is -2.23. The molecule has 1 aromatic rings. The maximum atomic E-state index is 13.2. The van der Waals surface area contributed by atoms with Crippen LogP contribution in [0.15, 0.2) is 18.2 Å². The van der Waals surface area contributed by atoms with E-state index in [0.717, 1.165) is 11.0 Å². The van der Waals surface area contributed by atoms with Gasteiger partial charge < -0.3 is 5.32 Å². The molecule has 1 unspecified atom stereocenters. The summed E-state index contributed by atoms with van der Waals surface area (Å²) in [4.78, 5) is 1.14. The Morgan fingerprint density at radius 2 is 1.71 bits per heavy atom. The largest absolute Gasteiger partial charge is 0.401 e. The Bertz CT molecular complexity index is 427. The third-order valence-corrected chi connectivity index (χ3v) is 2.99. The summed E-state index contributed by atoms with van der Waals surface area (Å²) in [6, 6.07) is 2.76. The minimum atomic E-state index is -4.26. The van der Waals surface area contributed by atoms with Gasteiger partial charge in [-0.25, -0.2) is 8.78 Å². The van der Waals surface area contributed by atoms with E-state index in [2.05, 4.69) is 5.32 Å². The van der Waals surface area contributed by atoms with Gasteiger partial charge in [-0.3, -0.25) is 4.90 Å². The van der Waals surface area contributed by atoms with Gasteiger partial charge in [-0.15, -0.1) is 0 Å². The molecule has 0 aromatic heterocycles. The standard InChI is InChI=1S/C14H19F5N2/c1-3-20-13(4-5-21(2)9-14(17,18)19)10-6-11(15)8-12(16)7-10/h6-8,13,20H,3-5,9H2,1-2H3. The maximum Gasteiger partial charge on any atom is 0.401 e. The smallest absolute Gasteiger partial charge is 0.310 e. The fraction of sp³-hybridized carbons (Fsp3) is 0.571. The molecule has 1 N–H and O–H groups in total. The normalized spacial score (nSPS) is 13.7. The minimum Gasteiger partial charge on any atom is -0.310 e. The van der Waals surface area contributed by atoms with E-state index < -0.39 is 30.4 Å². The Labute approximate surface area is 120 Å². The van der Waals surface area contributed by atoms with Crippen LogP contribution < -0.4 is 5.32 Å². The maximum absolute atomic E-state index is 13.2. The van der Waals surface area contributed by atoms with Crippen molar-refractivity contribution in [3.63, 3.8) is 0 Å². The first-order valence-electron chi connectivity index (χ1n) is 6.66. The molecule has 0 fully saturated rings. The van der Waals surface area contributed by atoms with E-state index >= 15 is 0 Å². The van der Waals surface area contributed by atoms with Gasteiger partial charge in [-0.05, 0) is 44.3 Å². The van der Waals surface area contributed by atoms with Gasteiger partial charge in [0.15, 0.2) is 0 Å². The van der Waals surface area contributed by atoms with Gasteiger partial charge in [0.25, 0.3) is 0 Å². The molecule has 1 rings (SSSR count). The number of alkyl halides is 3. The van der Waals surface area contributed by atoms with E-state index in [4.69, 9.17) is 0 Å². The third-order valence-electron chi connectivity index (χ3n) is 2.99. The Morgan fingerprint density at radius 1 is 1.14 bits per heavy atom. The molecular weight excluding hydrogens is 291 g/mol. The molecule has 7 heteroatoms. The fourth-order valence-electron chi connectivity index (χ4n) is 2.14. The molecule has 1 atom stereocenters. The average Bonchev–Trinajstić information content (AvgIpc) is 2.30. The third kappa shape index (κ3) is 6.86. The van der Waals surface area contributed by atoms with Crippen molar-refractivity contribution in [2.75, 3.05) is 26.7 Å².